The number of benzene rings is 1. The Kier molecular flexibility index (Phi) is 5.90. The molecule has 98 valence electrons. The first kappa shape index (κ1) is 14.2. The number of ether oxygens (including phenoxy) is 1. The van der Waals surface area contributed by atoms with Gasteiger partial charge in [-0.1, -0.05) is 18.2 Å². The number of hydrogen-bond donors (Lipinski definition) is 3. The van der Waals surface area contributed by atoms with Crippen molar-refractivity contribution in [1.82, 2.24) is 0 Å². The molecule has 0 radical (unpaired) electrons. The Labute approximate surface area is 105 Å². The lowest BCUT2D eigenvalue weighted by molar-refractivity contribution is -0.131. The highest BCUT2D eigenvalue weighted by Crippen LogP contribution is 2.20. The Morgan fingerprint density at radius 2 is 2.00 bits per heavy atom. The van der Waals surface area contributed by atoms with Gasteiger partial charge in [0.2, 0.25) is 0 Å². The van der Waals surface area contributed by atoms with Crippen LogP contribution in [0.4, 0.5) is 0 Å². The summed E-state index contributed by atoms with van der Waals surface area (Å²) in [6.45, 7) is 0.174. The van der Waals surface area contributed by atoms with Crippen molar-refractivity contribution >= 4 is 5.97 Å². The zero-order valence-corrected chi connectivity index (χ0v) is 9.82. The summed E-state index contributed by atoms with van der Waals surface area (Å²) >= 11 is 0. The third kappa shape index (κ3) is 4.99. The van der Waals surface area contributed by atoms with E-state index in [1.165, 1.54) is 6.08 Å². The minimum atomic E-state index is -1.03. The molecule has 1 atom stereocenters. The van der Waals surface area contributed by atoms with Crippen LogP contribution in [0.15, 0.2) is 36.4 Å². The smallest absolute Gasteiger partial charge is 0.327 e. The molecule has 18 heavy (non-hydrogen) atoms. The number of rotatable bonds is 7. The first-order valence-electron chi connectivity index (χ1n) is 5.54. The molecule has 0 aliphatic rings. The van der Waals surface area contributed by atoms with Crippen molar-refractivity contribution in [3.8, 4) is 5.75 Å². The fraction of sp³-hybridized carbons (Fsp3) is 0.308. The van der Waals surface area contributed by atoms with Gasteiger partial charge in [0, 0.05) is 6.08 Å². The van der Waals surface area contributed by atoms with Crippen molar-refractivity contribution in [2.45, 2.75) is 12.5 Å². The standard InChI is InChI=1S/C13H16O5/c14-8-9-18-11-6-4-10(5-7-11)12(15)2-1-3-13(16)17/h1,3-7,12,14-15H,2,8-9H2,(H,16,17)/b3-1+/t12-/m1/s1. The number of hydrogen-bond acceptors (Lipinski definition) is 4. The van der Waals surface area contributed by atoms with Crippen molar-refractivity contribution in [1.29, 1.82) is 0 Å². The van der Waals surface area contributed by atoms with Gasteiger partial charge < -0.3 is 20.1 Å². The van der Waals surface area contributed by atoms with Crippen molar-refractivity contribution in [2.75, 3.05) is 13.2 Å². The van der Waals surface area contributed by atoms with Crippen LogP contribution in [0.5, 0.6) is 5.75 Å². The molecule has 0 saturated heterocycles. The second-order valence-corrected chi connectivity index (χ2v) is 3.63. The van der Waals surface area contributed by atoms with Gasteiger partial charge in [-0.15, -0.1) is 0 Å². The van der Waals surface area contributed by atoms with Crippen LogP contribution >= 0.6 is 0 Å². The van der Waals surface area contributed by atoms with Gasteiger partial charge in [0.05, 0.1) is 12.7 Å². The van der Waals surface area contributed by atoms with E-state index in [4.69, 9.17) is 14.9 Å². The third-order valence-corrected chi connectivity index (χ3v) is 2.24. The summed E-state index contributed by atoms with van der Waals surface area (Å²) in [5.41, 5.74) is 0.682. The van der Waals surface area contributed by atoms with Crippen LogP contribution in [-0.4, -0.2) is 34.5 Å². The van der Waals surface area contributed by atoms with Gasteiger partial charge >= 0.3 is 5.97 Å². The molecule has 0 spiro atoms. The van der Waals surface area contributed by atoms with Crippen LogP contribution in [0, 0.1) is 0 Å². The predicted molar refractivity (Wildman–Crippen MR) is 65.4 cm³/mol. The quantitative estimate of drug-likeness (QED) is 0.633. The maximum absolute atomic E-state index is 10.3. The zero-order valence-electron chi connectivity index (χ0n) is 9.82. The number of aliphatic hydroxyl groups excluding tert-OH is 2. The molecule has 0 unspecified atom stereocenters. The molecule has 0 amide bonds. The normalized spacial score (nSPS) is 12.6. The fourth-order valence-corrected chi connectivity index (χ4v) is 1.38. The molecule has 0 aliphatic heterocycles. The largest absolute Gasteiger partial charge is 0.491 e. The average molecular weight is 252 g/mol. The number of carboxylic acid groups (broad SMARTS) is 1. The molecule has 3 N–H and O–H groups in total. The molecule has 5 nitrogen and oxygen atoms in total. The second kappa shape index (κ2) is 7.47. The highest BCUT2D eigenvalue weighted by atomic mass is 16.5. The first-order valence-corrected chi connectivity index (χ1v) is 5.54. The van der Waals surface area contributed by atoms with Crippen LogP contribution < -0.4 is 4.74 Å². The summed E-state index contributed by atoms with van der Waals surface area (Å²) in [4.78, 5) is 10.3. The summed E-state index contributed by atoms with van der Waals surface area (Å²) < 4.78 is 5.18. The van der Waals surface area contributed by atoms with Crippen molar-refractivity contribution in [2.24, 2.45) is 0 Å². The van der Waals surface area contributed by atoms with E-state index < -0.39 is 12.1 Å². The lowest BCUT2D eigenvalue weighted by Gasteiger charge is -2.09. The van der Waals surface area contributed by atoms with E-state index in [1.54, 1.807) is 24.3 Å². The molecule has 1 aromatic carbocycles. The Morgan fingerprint density at radius 3 is 2.56 bits per heavy atom. The monoisotopic (exact) mass is 252 g/mol. The Bertz CT molecular complexity index is 396. The molecular weight excluding hydrogens is 236 g/mol. The van der Waals surface area contributed by atoms with E-state index >= 15 is 0 Å². The SMILES string of the molecule is O=C(O)/C=C/C[C@@H](O)c1ccc(OCCO)cc1. The lowest BCUT2D eigenvalue weighted by atomic mass is 10.1. The van der Waals surface area contributed by atoms with Crippen molar-refractivity contribution in [3.05, 3.63) is 42.0 Å². The summed E-state index contributed by atoms with van der Waals surface area (Å²) in [5, 5.41) is 26.8. The number of aliphatic carboxylic acids is 1. The van der Waals surface area contributed by atoms with Crippen LogP contribution in [0.2, 0.25) is 0 Å². The molecule has 0 aromatic heterocycles. The number of aliphatic hydroxyl groups is 2. The van der Waals surface area contributed by atoms with E-state index in [9.17, 15) is 9.90 Å². The molecule has 1 aromatic rings. The number of carbonyl (C=O) groups is 1. The molecule has 0 aliphatic carbocycles. The van der Waals surface area contributed by atoms with E-state index in [2.05, 4.69) is 0 Å². The van der Waals surface area contributed by atoms with Crippen LogP contribution in [0.25, 0.3) is 0 Å². The topological polar surface area (TPSA) is 87.0 Å². The highest BCUT2D eigenvalue weighted by Gasteiger charge is 2.05. The predicted octanol–water partition coefficient (Wildman–Crippen LogP) is 1.12. The van der Waals surface area contributed by atoms with Gasteiger partial charge in [0.15, 0.2) is 0 Å². The molecule has 0 bridgehead atoms. The van der Waals surface area contributed by atoms with Crippen molar-refractivity contribution < 1.29 is 24.9 Å². The molecular formula is C13H16O5. The van der Waals surface area contributed by atoms with E-state index in [0.717, 1.165) is 6.08 Å². The summed E-state index contributed by atoms with van der Waals surface area (Å²) in [5.74, 6) is -0.420. The maximum atomic E-state index is 10.3. The summed E-state index contributed by atoms with van der Waals surface area (Å²) in [7, 11) is 0. The summed E-state index contributed by atoms with van der Waals surface area (Å²) in [6, 6.07) is 6.78. The van der Waals surface area contributed by atoms with Gasteiger partial charge in [-0.05, 0) is 24.1 Å². The molecule has 0 fully saturated rings. The van der Waals surface area contributed by atoms with Gasteiger partial charge in [0.1, 0.15) is 12.4 Å². The first-order chi connectivity index (χ1) is 8.63. The molecule has 0 saturated carbocycles. The average Bonchev–Trinajstić information content (AvgIpc) is 2.36. The molecule has 1 rings (SSSR count). The minimum Gasteiger partial charge on any atom is -0.491 e. The van der Waals surface area contributed by atoms with Crippen LogP contribution in [0.1, 0.15) is 18.1 Å². The Morgan fingerprint density at radius 1 is 1.33 bits per heavy atom. The Balaban J connectivity index is 2.53. The van der Waals surface area contributed by atoms with E-state index in [1.807, 2.05) is 0 Å². The highest BCUT2D eigenvalue weighted by molar-refractivity contribution is 5.79. The van der Waals surface area contributed by atoms with Gasteiger partial charge in [-0.2, -0.15) is 0 Å². The van der Waals surface area contributed by atoms with Crippen molar-refractivity contribution in [3.63, 3.8) is 0 Å². The van der Waals surface area contributed by atoms with Gasteiger partial charge in [0.25, 0.3) is 0 Å². The zero-order chi connectivity index (χ0) is 13.4. The Hall–Kier alpha value is -1.85. The number of carboxylic acids is 1. The lowest BCUT2D eigenvalue weighted by Crippen LogP contribution is -2.02. The van der Waals surface area contributed by atoms with Crippen LogP contribution in [-0.2, 0) is 4.79 Å². The van der Waals surface area contributed by atoms with Crippen LogP contribution in [0.3, 0.4) is 0 Å². The maximum Gasteiger partial charge on any atom is 0.327 e. The second-order valence-electron chi connectivity index (χ2n) is 3.63. The van der Waals surface area contributed by atoms with Gasteiger partial charge in [-0.25, -0.2) is 4.79 Å². The molecule has 0 heterocycles. The van der Waals surface area contributed by atoms with E-state index in [-0.39, 0.29) is 19.6 Å². The van der Waals surface area contributed by atoms with Gasteiger partial charge in [-0.3, -0.25) is 0 Å². The fourth-order valence-electron chi connectivity index (χ4n) is 1.38. The minimum absolute atomic E-state index is 0.0512. The van der Waals surface area contributed by atoms with E-state index in [0.29, 0.717) is 11.3 Å². The molecule has 5 heteroatoms. The third-order valence-electron chi connectivity index (χ3n) is 2.24. The summed E-state index contributed by atoms with van der Waals surface area (Å²) in [6.07, 6.45) is 1.90.